The van der Waals surface area contributed by atoms with Gasteiger partial charge in [0.05, 0.1) is 17.3 Å². The van der Waals surface area contributed by atoms with E-state index in [0.717, 1.165) is 21.4 Å². The van der Waals surface area contributed by atoms with Crippen molar-refractivity contribution < 1.29 is 0 Å². The highest BCUT2D eigenvalue weighted by Gasteiger charge is 2.02. The van der Waals surface area contributed by atoms with Gasteiger partial charge in [-0.2, -0.15) is 5.26 Å². The summed E-state index contributed by atoms with van der Waals surface area (Å²) in [4.78, 5) is 8.31. The fourth-order valence-electron chi connectivity index (χ4n) is 1.99. The van der Waals surface area contributed by atoms with E-state index in [1.165, 1.54) is 5.56 Å². The molecule has 3 nitrogen and oxygen atoms in total. The second kappa shape index (κ2) is 8.21. The number of aromatic nitrogens is 2. The zero-order valence-corrected chi connectivity index (χ0v) is 14.6. The van der Waals surface area contributed by atoms with Gasteiger partial charge in [-0.05, 0) is 65.2 Å². The standard InChI is InChI=1S/C13H10N2.C6H6BrN/c1-10-4-3-7-15-13(10)12-6-2-5-11(8-12)9-14;1-5-3-2-4-8-6(5)7/h2-8H,1H3;2-4H,1H3. The molecule has 0 fully saturated rings. The molecule has 4 heteroatoms. The van der Waals surface area contributed by atoms with Gasteiger partial charge in [0.1, 0.15) is 4.60 Å². The zero-order valence-electron chi connectivity index (χ0n) is 13.0. The molecule has 0 N–H and O–H groups in total. The van der Waals surface area contributed by atoms with E-state index >= 15 is 0 Å². The highest BCUT2D eigenvalue weighted by molar-refractivity contribution is 9.10. The molecule has 2 heterocycles. The topological polar surface area (TPSA) is 49.6 Å². The van der Waals surface area contributed by atoms with E-state index in [1.54, 1.807) is 18.5 Å². The van der Waals surface area contributed by atoms with Crippen LogP contribution in [0, 0.1) is 25.2 Å². The third-order valence-corrected chi connectivity index (χ3v) is 4.05. The molecule has 0 saturated heterocycles. The van der Waals surface area contributed by atoms with Crippen molar-refractivity contribution in [1.29, 1.82) is 5.26 Å². The first kappa shape index (κ1) is 16.9. The highest BCUT2D eigenvalue weighted by Crippen LogP contribution is 2.20. The molecule has 0 amide bonds. The van der Waals surface area contributed by atoms with Crippen LogP contribution in [-0.4, -0.2) is 9.97 Å². The first-order chi connectivity index (χ1) is 11.1. The number of benzene rings is 1. The molecule has 3 aromatic rings. The molecule has 114 valence electrons. The van der Waals surface area contributed by atoms with Gasteiger partial charge in [-0.25, -0.2) is 4.98 Å². The van der Waals surface area contributed by atoms with E-state index in [2.05, 4.69) is 32.0 Å². The molecular weight excluding hydrogens is 350 g/mol. The second-order valence-electron chi connectivity index (χ2n) is 4.97. The lowest BCUT2D eigenvalue weighted by molar-refractivity contribution is 1.22. The van der Waals surface area contributed by atoms with Crippen molar-refractivity contribution in [3.05, 3.63) is 82.2 Å². The van der Waals surface area contributed by atoms with Gasteiger partial charge in [-0.1, -0.05) is 24.3 Å². The first-order valence-electron chi connectivity index (χ1n) is 7.11. The minimum Gasteiger partial charge on any atom is -0.256 e. The Hall–Kier alpha value is -2.51. The molecule has 23 heavy (non-hydrogen) atoms. The summed E-state index contributed by atoms with van der Waals surface area (Å²) in [5, 5.41) is 8.81. The summed E-state index contributed by atoms with van der Waals surface area (Å²) in [5.41, 5.74) is 4.89. The number of pyridine rings is 2. The maximum absolute atomic E-state index is 8.81. The number of hydrogen-bond donors (Lipinski definition) is 0. The molecule has 0 bridgehead atoms. The Morgan fingerprint density at radius 3 is 2.17 bits per heavy atom. The second-order valence-corrected chi connectivity index (χ2v) is 5.72. The molecule has 0 spiro atoms. The molecule has 0 aliphatic rings. The van der Waals surface area contributed by atoms with Crippen LogP contribution in [0.3, 0.4) is 0 Å². The SMILES string of the molecule is Cc1cccnc1-c1cccc(C#N)c1.Cc1cccnc1Br. The summed E-state index contributed by atoms with van der Waals surface area (Å²) < 4.78 is 0.931. The van der Waals surface area contributed by atoms with E-state index in [1.807, 2.05) is 56.3 Å². The molecule has 0 unspecified atom stereocenters. The van der Waals surface area contributed by atoms with Gasteiger partial charge in [0.15, 0.2) is 0 Å². The van der Waals surface area contributed by atoms with Crippen LogP contribution in [-0.2, 0) is 0 Å². The Labute approximate surface area is 144 Å². The molecule has 0 aliphatic carbocycles. The summed E-state index contributed by atoms with van der Waals surface area (Å²) in [6.07, 6.45) is 3.53. The molecular formula is C19H16BrN3. The molecule has 3 rings (SSSR count). The van der Waals surface area contributed by atoms with Gasteiger partial charge in [0, 0.05) is 18.0 Å². The number of hydrogen-bond acceptors (Lipinski definition) is 3. The monoisotopic (exact) mass is 365 g/mol. The lowest BCUT2D eigenvalue weighted by Crippen LogP contribution is -1.87. The lowest BCUT2D eigenvalue weighted by Gasteiger charge is -2.03. The van der Waals surface area contributed by atoms with Crippen molar-refractivity contribution in [3.63, 3.8) is 0 Å². The minimum absolute atomic E-state index is 0.664. The number of rotatable bonds is 1. The fourth-order valence-corrected chi connectivity index (χ4v) is 2.24. The van der Waals surface area contributed by atoms with Gasteiger partial charge in [-0.15, -0.1) is 0 Å². The first-order valence-corrected chi connectivity index (χ1v) is 7.90. The highest BCUT2D eigenvalue weighted by atomic mass is 79.9. The quantitative estimate of drug-likeness (QED) is 0.564. The van der Waals surface area contributed by atoms with Gasteiger partial charge in [-0.3, -0.25) is 4.98 Å². The maximum atomic E-state index is 8.81. The van der Waals surface area contributed by atoms with Crippen LogP contribution in [0.5, 0.6) is 0 Å². The Bertz CT molecular complexity index is 817. The third kappa shape index (κ3) is 4.73. The Balaban J connectivity index is 0.000000203. The largest absolute Gasteiger partial charge is 0.256 e. The molecule has 0 atom stereocenters. The minimum atomic E-state index is 0.664. The molecule has 0 radical (unpaired) electrons. The van der Waals surface area contributed by atoms with Crippen LogP contribution >= 0.6 is 15.9 Å². The molecule has 2 aromatic heterocycles. The number of aryl methyl sites for hydroxylation is 2. The zero-order chi connectivity index (χ0) is 16.7. The number of halogens is 1. The summed E-state index contributed by atoms with van der Waals surface area (Å²) in [7, 11) is 0. The molecule has 0 aliphatic heterocycles. The van der Waals surface area contributed by atoms with Crippen LogP contribution < -0.4 is 0 Å². The summed E-state index contributed by atoms with van der Waals surface area (Å²) in [6, 6.07) is 17.5. The van der Waals surface area contributed by atoms with Gasteiger partial charge in [0.2, 0.25) is 0 Å². The maximum Gasteiger partial charge on any atom is 0.108 e. The third-order valence-electron chi connectivity index (χ3n) is 3.22. The average Bonchev–Trinajstić information content (AvgIpc) is 2.59. The predicted octanol–water partition coefficient (Wildman–Crippen LogP) is 5.08. The normalized spacial score (nSPS) is 9.48. The van der Waals surface area contributed by atoms with Crippen molar-refractivity contribution in [2.45, 2.75) is 13.8 Å². The van der Waals surface area contributed by atoms with E-state index < -0.39 is 0 Å². The van der Waals surface area contributed by atoms with Crippen LogP contribution in [0.25, 0.3) is 11.3 Å². The number of nitriles is 1. The smallest absolute Gasteiger partial charge is 0.108 e. The van der Waals surface area contributed by atoms with Crippen molar-refractivity contribution in [2.75, 3.05) is 0 Å². The predicted molar refractivity (Wildman–Crippen MR) is 95.8 cm³/mol. The van der Waals surface area contributed by atoms with E-state index in [4.69, 9.17) is 5.26 Å². The molecule has 1 aromatic carbocycles. The van der Waals surface area contributed by atoms with E-state index in [0.29, 0.717) is 5.56 Å². The average molecular weight is 366 g/mol. The van der Waals surface area contributed by atoms with Gasteiger partial charge < -0.3 is 0 Å². The van der Waals surface area contributed by atoms with Gasteiger partial charge >= 0.3 is 0 Å². The summed E-state index contributed by atoms with van der Waals surface area (Å²) >= 11 is 3.28. The van der Waals surface area contributed by atoms with Crippen molar-refractivity contribution in [3.8, 4) is 17.3 Å². The summed E-state index contributed by atoms with van der Waals surface area (Å²) in [5.74, 6) is 0. The Morgan fingerprint density at radius 1 is 0.913 bits per heavy atom. The van der Waals surface area contributed by atoms with Crippen molar-refractivity contribution in [1.82, 2.24) is 9.97 Å². The Kier molecular flexibility index (Phi) is 6.02. The number of nitrogens with zero attached hydrogens (tertiary/aromatic N) is 3. The fraction of sp³-hybridized carbons (Fsp3) is 0.105. The van der Waals surface area contributed by atoms with E-state index in [-0.39, 0.29) is 0 Å². The van der Waals surface area contributed by atoms with Gasteiger partial charge in [0.25, 0.3) is 0 Å². The van der Waals surface area contributed by atoms with E-state index in [9.17, 15) is 0 Å². The van der Waals surface area contributed by atoms with Crippen LogP contribution in [0.2, 0.25) is 0 Å². The summed E-state index contributed by atoms with van der Waals surface area (Å²) in [6.45, 7) is 4.03. The Morgan fingerprint density at radius 2 is 1.61 bits per heavy atom. The lowest BCUT2D eigenvalue weighted by atomic mass is 10.0. The van der Waals surface area contributed by atoms with Crippen molar-refractivity contribution >= 4 is 15.9 Å². The van der Waals surface area contributed by atoms with Crippen LogP contribution in [0.15, 0.2) is 65.5 Å². The molecule has 0 saturated carbocycles. The van der Waals surface area contributed by atoms with Crippen LogP contribution in [0.4, 0.5) is 0 Å². The van der Waals surface area contributed by atoms with Crippen molar-refractivity contribution in [2.24, 2.45) is 0 Å². The van der Waals surface area contributed by atoms with Crippen LogP contribution in [0.1, 0.15) is 16.7 Å².